The van der Waals surface area contributed by atoms with Gasteiger partial charge in [-0.3, -0.25) is 9.69 Å². The number of Topliss-reactive ketones (excluding diaryl/α,β-unsaturated/α-hetero) is 1. The molecule has 0 saturated carbocycles. The number of ketones is 1. The lowest BCUT2D eigenvalue weighted by Gasteiger charge is -2.31. The van der Waals surface area contributed by atoms with Crippen molar-refractivity contribution >= 4 is 5.78 Å². The second-order valence-corrected chi connectivity index (χ2v) is 6.92. The first-order chi connectivity index (χ1) is 12.1. The molecule has 1 aliphatic rings. The summed E-state index contributed by atoms with van der Waals surface area (Å²) in [6.07, 6.45) is 1.88. The Hall–Kier alpha value is -2.13. The zero-order valence-corrected chi connectivity index (χ0v) is 15.2. The molecular formula is C22H27NO2. The molecule has 2 aromatic carbocycles. The fourth-order valence-electron chi connectivity index (χ4n) is 3.56. The van der Waals surface area contributed by atoms with Crippen molar-refractivity contribution in [1.82, 2.24) is 4.90 Å². The molecule has 0 atom stereocenters. The standard InChI is InChI=1S/C22H27NO2/c1-17-7-6-8-18(2)22(17)25-16-15-23-13-11-20(12-14-23)21(24)19-9-4-3-5-10-19/h3-10,20H,11-16H2,1-2H3. The first kappa shape index (κ1) is 17.7. The van der Waals surface area contributed by atoms with E-state index in [9.17, 15) is 4.79 Å². The van der Waals surface area contributed by atoms with Gasteiger partial charge in [0, 0.05) is 18.0 Å². The SMILES string of the molecule is Cc1cccc(C)c1OCCN1CCC(C(=O)c2ccccc2)CC1. The number of benzene rings is 2. The van der Waals surface area contributed by atoms with E-state index in [1.54, 1.807) is 0 Å². The number of nitrogens with zero attached hydrogens (tertiary/aromatic N) is 1. The third-order valence-corrected chi connectivity index (χ3v) is 5.08. The molecule has 3 rings (SSSR count). The van der Waals surface area contributed by atoms with Crippen LogP contribution in [0.4, 0.5) is 0 Å². The predicted molar refractivity (Wildman–Crippen MR) is 101 cm³/mol. The van der Waals surface area contributed by atoms with Crippen LogP contribution < -0.4 is 4.74 Å². The Morgan fingerprint density at radius 3 is 2.28 bits per heavy atom. The number of carbonyl (C=O) groups is 1. The largest absolute Gasteiger partial charge is 0.492 e. The van der Waals surface area contributed by atoms with Crippen molar-refractivity contribution in [3.63, 3.8) is 0 Å². The molecule has 0 aliphatic carbocycles. The van der Waals surface area contributed by atoms with Crippen molar-refractivity contribution in [2.45, 2.75) is 26.7 Å². The van der Waals surface area contributed by atoms with Crippen molar-refractivity contribution in [3.8, 4) is 5.75 Å². The summed E-state index contributed by atoms with van der Waals surface area (Å²) in [4.78, 5) is 14.9. The van der Waals surface area contributed by atoms with E-state index < -0.39 is 0 Å². The van der Waals surface area contributed by atoms with E-state index in [0.29, 0.717) is 12.4 Å². The maximum absolute atomic E-state index is 12.5. The molecule has 2 aromatic rings. The lowest BCUT2D eigenvalue weighted by molar-refractivity contribution is 0.0827. The van der Waals surface area contributed by atoms with Gasteiger partial charge in [-0.2, -0.15) is 0 Å². The monoisotopic (exact) mass is 337 g/mol. The van der Waals surface area contributed by atoms with E-state index in [-0.39, 0.29) is 5.92 Å². The molecule has 25 heavy (non-hydrogen) atoms. The first-order valence-corrected chi connectivity index (χ1v) is 9.16. The number of carbonyl (C=O) groups excluding carboxylic acids is 1. The normalized spacial score (nSPS) is 15.9. The first-order valence-electron chi connectivity index (χ1n) is 9.16. The molecule has 3 heteroatoms. The summed E-state index contributed by atoms with van der Waals surface area (Å²) in [5.41, 5.74) is 3.22. The number of para-hydroxylation sites is 1. The van der Waals surface area contributed by atoms with Crippen LogP contribution in [-0.2, 0) is 0 Å². The van der Waals surface area contributed by atoms with Gasteiger partial charge in [0.2, 0.25) is 0 Å². The molecule has 0 aromatic heterocycles. The third-order valence-electron chi connectivity index (χ3n) is 5.08. The molecule has 0 unspecified atom stereocenters. The summed E-state index contributed by atoms with van der Waals surface area (Å²) >= 11 is 0. The molecule has 1 aliphatic heterocycles. The molecule has 0 radical (unpaired) electrons. The quantitative estimate of drug-likeness (QED) is 0.737. The number of hydrogen-bond acceptors (Lipinski definition) is 3. The van der Waals surface area contributed by atoms with Gasteiger partial charge in [0.1, 0.15) is 12.4 Å². The van der Waals surface area contributed by atoms with Crippen LogP contribution in [0.3, 0.4) is 0 Å². The molecule has 0 amide bonds. The highest BCUT2D eigenvalue weighted by molar-refractivity contribution is 5.97. The average Bonchev–Trinajstić information content (AvgIpc) is 2.65. The Morgan fingerprint density at radius 1 is 1.00 bits per heavy atom. The number of likely N-dealkylation sites (tertiary alicyclic amines) is 1. The van der Waals surface area contributed by atoms with Crippen molar-refractivity contribution in [2.75, 3.05) is 26.2 Å². The fraction of sp³-hybridized carbons (Fsp3) is 0.409. The summed E-state index contributed by atoms with van der Waals surface area (Å²) in [6.45, 7) is 7.73. The van der Waals surface area contributed by atoms with Gasteiger partial charge < -0.3 is 4.74 Å². The van der Waals surface area contributed by atoms with E-state index in [1.807, 2.05) is 30.3 Å². The van der Waals surface area contributed by atoms with Crippen molar-refractivity contribution in [3.05, 3.63) is 65.2 Å². The van der Waals surface area contributed by atoms with Gasteiger partial charge in [0.15, 0.2) is 5.78 Å². The molecule has 3 nitrogen and oxygen atoms in total. The topological polar surface area (TPSA) is 29.5 Å². The number of hydrogen-bond donors (Lipinski definition) is 0. The molecule has 0 bridgehead atoms. The Morgan fingerprint density at radius 2 is 1.64 bits per heavy atom. The molecule has 1 heterocycles. The van der Waals surface area contributed by atoms with Crippen LogP contribution in [-0.4, -0.2) is 36.9 Å². The van der Waals surface area contributed by atoms with Crippen LogP contribution in [0.2, 0.25) is 0 Å². The minimum absolute atomic E-state index is 0.165. The molecule has 0 spiro atoms. The van der Waals surface area contributed by atoms with Crippen LogP contribution in [0.1, 0.15) is 34.3 Å². The van der Waals surface area contributed by atoms with Crippen molar-refractivity contribution in [1.29, 1.82) is 0 Å². The summed E-state index contributed by atoms with van der Waals surface area (Å²) < 4.78 is 6.01. The van der Waals surface area contributed by atoms with Gasteiger partial charge in [-0.25, -0.2) is 0 Å². The van der Waals surface area contributed by atoms with Gasteiger partial charge in [-0.15, -0.1) is 0 Å². The van der Waals surface area contributed by atoms with Crippen LogP contribution in [0, 0.1) is 19.8 Å². The van der Waals surface area contributed by atoms with Gasteiger partial charge in [-0.05, 0) is 50.9 Å². The highest BCUT2D eigenvalue weighted by atomic mass is 16.5. The Bertz CT molecular complexity index is 683. The summed E-state index contributed by atoms with van der Waals surface area (Å²) in [5.74, 6) is 1.47. The summed E-state index contributed by atoms with van der Waals surface area (Å²) in [6, 6.07) is 15.9. The Labute approximate surface area is 150 Å². The Kier molecular flexibility index (Phi) is 5.87. The van der Waals surface area contributed by atoms with E-state index >= 15 is 0 Å². The van der Waals surface area contributed by atoms with Crippen molar-refractivity contribution < 1.29 is 9.53 Å². The van der Waals surface area contributed by atoms with Gasteiger partial charge in [-0.1, -0.05) is 48.5 Å². The van der Waals surface area contributed by atoms with Gasteiger partial charge in [0.25, 0.3) is 0 Å². The Balaban J connectivity index is 1.45. The van der Waals surface area contributed by atoms with Crippen LogP contribution in [0.25, 0.3) is 0 Å². The van der Waals surface area contributed by atoms with E-state index in [1.165, 1.54) is 11.1 Å². The number of aryl methyl sites for hydroxylation is 2. The van der Waals surface area contributed by atoms with E-state index in [2.05, 4.69) is 36.9 Å². The van der Waals surface area contributed by atoms with E-state index in [0.717, 1.165) is 43.8 Å². The van der Waals surface area contributed by atoms with Crippen LogP contribution in [0.5, 0.6) is 5.75 Å². The molecule has 1 fully saturated rings. The van der Waals surface area contributed by atoms with Crippen LogP contribution in [0.15, 0.2) is 48.5 Å². The average molecular weight is 337 g/mol. The molecule has 0 N–H and O–H groups in total. The number of piperidine rings is 1. The van der Waals surface area contributed by atoms with E-state index in [4.69, 9.17) is 4.74 Å². The fourth-order valence-corrected chi connectivity index (χ4v) is 3.56. The maximum atomic E-state index is 12.5. The molecular weight excluding hydrogens is 310 g/mol. The lowest BCUT2D eigenvalue weighted by Crippen LogP contribution is -2.38. The maximum Gasteiger partial charge on any atom is 0.166 e. The zero-order chi connectivity index (χ0) is 17.6. The molecule has 132 valence electrons. The highest BCUT2D eigenvalue weighted by Crippen LogP contribution is 2.23. The zero-order valence-electron chi connectivity index (χ0n) is 15.2. The lowest BCUT2D eigenvalue weighted by atomic mass is 9.89. The van der Waals surface area contributed by atoms with Crippen LogP contribution >= 0.6 is 0 Å². The number of rotatable bonds is 6. The molecule has 1 saturated heterocycles. The van der Waals surface area contributed by atoms with Gasteiger partial charge in [0.05, 0.1) is 0 Å². The smallest absolute Gasteiger partial charge is 0.166 e. The van der Waals surface area contributed by atoms with Crippen molar-refractivity contribution in [2.24, 2.45) is 5.92 Å². The number of ether oxygens (including phenoxy) is 1. The third kappa shape index (κ3) is 4.49. The second kappa shape index (κ2) is 8.30. The highest BCUT2D eigenvalue weighted by Gasteiger charge is 2.25. The minimum Gasteiger partial charge on any atom is -0.492 e. The second-order valence-electron chi connectivity index (χ2n) is 6.92. The summed E-state index contributed by atoms with van der Waals surface area (Å²) in [7, 11) is 0. The predicted octanol–water partition coefficient (Wildman–Crippen LogP) is 4.28. The van der Waals surface area contributed by atoms with Gasteiger partial charge >= 0.3 is 0 Å². The minimum atomic E-state index is 0.165. The summed E-state index contributed by atoms with van der Waals surface area (Å²) in [5, 5.41) is 0.